The van der Waals surface area contributed by atoms with Crippen LogP contribution in [-0.4, -0.2) is 27.7 Å². The van der Waals surface area contributed by atoms with Crippen molar-refractivity contribution in [1.29, 1.82) is 0 Å². The zero-order valence-electron chi connectivity index (χ0n) is 19.4. The van der Waals surface area contributed by atoms with Gasteiger partial charge in [0.2, 0.25) is 11.6 Å². The number of rotatable bonds is 3. The smallest absolute Gasteiger partial charge is 0.309 e. The third-order valence-electron chi connectivity index (χ3n) is 8.85. The first kappa shape index (κ1) is 22.5. The number of carboxylic acids is 1. The average molecular weight is 437 g/mol. The van der Waals surface area contributed by atoms with E-state index in [4.69, 9.17) is 0 Å². The number of aryl methyl sites for hydroxylation is 1. The molecule has 170 valence electrons. The van der Waals surface area contributed by atoms with Crippen LogP contribution < -0.4 is 0 Å². The molecule has 2 fully saturated rings. The molecule has 0 bridgehead atoms. The number of hydrogen-bond acceptors (Lipinski definition) is 4. The molecule has 4 atom stereocenters. The van der Waals surface area contributed by atoms with Gasteiger partial charge in [-0.1, -0.05) is 37.6 Å². The minimum absolute atomic E-state index is 0.00229. The molecule has 1 aromatic rings. The van der Waals surface area contributed by atoms with E-state index < -0.39 is 23.0 Å². The molecule has 1 aromatic carbocycles. The van der Waals surface area contributed by atoms with Crippen molar-refractivity contribution in [3.05, 3.63) is 52.1 Å². The van der Waals surface area contributed by atoms with Crippen molar-refractivity contribution in [3.63, 3.8) is 0 Å². The second kappa shape index (κ2) is 7.43. The number of carboxylic acid groups (broad SMARTS) is 1. The van der Waals surface area contributed by atoms with Crippen molar-refractivity contribution in [2.45, 2.75) is 66.2 Å². The quantitative estimate of drug-likeness (QED) is 0.485. The monoisotopic (exact) mass is 436 g/mol. The van der Waals surface area contributed by atoms with Crippen molar-refractivity contribution in [2.75, 3.05) is 0 Å². The fourth-order valence-corrected chi connectivity index (χ4v) is 6.85. The van der Waals surface area contributed by atoms with Crippen molar-refractivity contribution < 1.29 is 24.6 Å². The van der Waals surface area contributed by atoms with Gasteiger partial charge in [-0.3, -0.25) is 14.4 Å². The lowest BCUT2D eigenvalue weighted by molar-refractivity contribution is -0.164. The van der Waals surface area contributed by atoms with E-state index in [0.29, 0.717) is 24.0 Å². The van der Waals surface area contributed by atoms with Crippen molar-refractivity contribution >= 4 is 23.3 Å². The normalized spacial score (nSPS) is 32.6. The number of benzene rings is 1. The van der Waals surface area contributed by atoms with E-state index in [0.717, 1.165) is 42.4 Å². The van der Waals surface area contributed by atoms with Gasteiger partial charge in [0, 0.05) is 16.7 Å². The van der Waals surface area contributed by atoms with Gasteiger partial charge >= 0.3 is 5.97 Å². The first-order valence-electron chi connectivity index (χ1n) is 11.5. The second-order valence-electron chi connectivity index (χ2n) is 10.5. The first-order valence-corrected chi connectivity index (χ1v) is 11.5. The van der Waals surface area contributed by atoms with Crippen LogP contribution in [-0.2, 0) is 16.0 Å². The molecule has 4 unspecified atom stereocenters. The molecule has 5 heteroatoms. The number of fused-ring (bicyclic) bond motifs is 2. The van der Waals surface area contributed by atoms with Crippen LogP contribution in [0.5, 0.6) is 0 Å². The molecule has 0 amide bonds. The van der Waals surface area contributed by atoms with Gasteiger partial charge in [0.1, 0.15) is 5.76 Å². The molecular formula is C27H32O5. The molecule has 3 aliphatic carbocycles. The highest BCUT2D eigenvalue weighted by Crippen LogP contribution is 2.61. The Bertz CT molecular complexity index is 1090. The zero-order chi connectivity index (χ0) is 23.6. The molecule has 0 heterocycles. The van der Waals surface area contributed by atoms with Crippen LogP contribution in [0, 0.1) is 29.6 Å². The number of aliphatic hydroxyl groups excluding tert-OH is 1. The standard InChI is InChI=1S/C27H32O5/c1-14-7-9-17-21(24(30)23(29)16(3)22(17)28)18(14)13-19-15(2)8-10-20-26(19,4)11-6-12-27(20,5)25(31)32/h7,9,19-20,28H,2,6,8,10-13H2,1,3-5H3,(H,31,32). The van der Waals surface area contributed by atoms with Gasteiger partial charge in [-0.05, 0) is 81.3 Å². The van der Waals surface area contributed by atoms with E-state index in [1.807, 2.05) is 19.9 Å². The van der Waals surface area contributed by atoms with Gasteiger partial charge in [-0.2, -0.15) is 0 Å². The molecule has 5 nitrogen and oxygen atoms in total. The minimum Gasteiger partial charge on any atom is -0.507 e. The molecule has 0 spiro atoms. The maximum absolute atomic E-state index is 13.0. The lowest BCUT2D eigenvalue weighted by Crippen LogP contribution is -2.53. The van der Waals surface area contributed by atoms with Gasteiger partial charge in [0.05, 0.1) is 5.41 Å². The average Bonchev–Trinajstić information content (AvgIpc) is 2.73. The summed E-state index contributed by atoms with van der Waals surface area (Å²) in [5, 5.41) is 20.7. The van der Waals surface area contributed by atoms with E-state index in [-0.39, 0.29) is 28.6 Å². The Morgan fingerprint density at radius 3 is 2.50 bits per heavy atom. The van der Waals surface area contributed by atoms with Crippen LogP contribution in [0.2, 0.25) is 0 Å². The lowest BCUT2D eigenvalue weighted by Gasteiger charge is -2.57. The third kappa shape index (κ3) is 3.01. The number of aliphatic hydroxyl groups is 1. The molecule has 2 N–H and O–H groups in total. The van der Waals surface area contributed by atoms with Crippen LogP contribution in [0.15, 0.2) is 29.9 Å². The fourth-order valence-electron chi connectivity index (χ4n) is 6.85. The molecule has 3 aliphatic rings. The van der Waals surface area contributed by atoms with Crippen LogP contribution in [0.4, 0.5) is 0 Å². The topological polar surface area (TPSA) is 91.7 Å². The number of aliphatic carboxylic acids is 1. The first-order chi connectivity index (χ1) is 14.9. The number of carbonyl (C=O) groups excluding carboxylic acids is 2. The predicted molar refractivity (Wildman–Crippen MR) is 122 cm³/mol. The molecule has 32 heavy (non-hydrogen) atoms. The highest BCUT2D eigenvalue weighted by molar-refractivity contribution is 6.52. The molecule has 0 radical (unpaired) electrons. The Morgan fingerprint density at radius 1 is 1.16 bits per heavy atom. The van der Waals surface area contributed by atoms with Crippen molar-refractivity contribution in [2.24, 2.45) is 22.7 Å². The number of ketones is 2. The molecule has 0 saturated heterocycles. The largest absolute Gasteiger partial charge is 0.507 e. The second-order valence-corrected chi connectivity index (χ2v) is 10.5. The summed E-state index contributed by atoms with van der Waals surface area (Å²) < 4.78 is 0. The van der Waals surface area contributed by atoms with E-state index in [1.165, 1.54) is 6.92 Å². The van der Waals surface area contributed by atoms with Crippen LogP contribution in [0.25, 0.3) is 5.76 Å². The Morgan fingerprint density at radius 2 is 1.84 bits per heavy atom. The van der Waals surface area contributed by atoms with Crippen LogP contribution in [0.3, 0.4) is 0 Å². The van der Waals surface area contributed by atoms with Gasteiger partial charge < -0.3 is 10.2 Å². The highest BCUT2D eigenvalue weighted by atomic mass is 16.4. The van der Waals surface area contributed by atoms with Gasteiger partial charge in [0.15, 0.2) is 0 Å². The van der Waals surface area contributed by atoms with Gasteiger partial charge in [-0.15, -0.1) is 0 Å². The summed E-state index contributed by atoms with van der Waals surface area (Å²) in [7, 11) is 0. The van der Waals surface area contributed by atoms with E-state index >= 15 is 0 Å². The van der Waals surface area contributed by atoms with E-state index in [2.05, 4.69) is 13.5 Å². The van der Waals surface area contributed by atoms with Gasteiger partial charge in [0.25, 0.3) is 0 Å². The summed E-state index contributed by atoms with van der Waals surface area (Å²) in [6.45, 7) is 11.8. The predicted octanol–water partition coefficient (Wildman–Crippen LogP) is 5.46. The summed E-state index contributed by atoms with van der Waals surface area (Å²) in [4.78, 5) is 37.8. The SMILES string of the molecule is C=C1CCC2C(C)(C(=O)O)CCCC2(C)C1Cc1c(C)ccc2c1C(=O)C(=O)C(C)=C2O. The van der Waals surface area contributed by atoms with E-state index in [1.54, 1.807) is 6.07 Å². The van der Waals surface area contributed by atoms with E-state index in [9.17, 15) is 24.6 Å². The maximum atomic E-state index is 13.0. The van der Waals surface area contributed by atoms with Crippen LogP contribution >= 0.6 is 0 Å². The third-order valence-corrected chi connectivity index (χ3v) is 8.85. The van der Waals surface area contributed by atoms with Crippen molar-refractivity contribution in [3.8, 4) is 0 Å². The van der Waals surface area contributed by atoms with Crippen LogP contribution in [0.1, 0.15) is 79.9 Å². The summed E-state index contributed by atoms with van der Waals surface area (Å²) in [5.41, 5.74) is 2.51. The summed E-state index contributed by atoms with van der Waals surface area (Å²) in [5.74, 6) is -2.08. The molecule has 0 aromatic heterocycles. The number of carbonyl (C=O) groups is 3. The zero-order valence-corrected chi connectivity index (χ0v) is 19.4. The summed E-state index contributed by atoms with van der Waals surface area (Å²) >= 11 is 0. The summed E-state index contributed by atoms with van der Waals surface area (Å²) in [6, 6.07) is 3.59. The molecule has 0 aliphatic heterocycles. The van der Waals surface area contributed by atoms with Crippen molar-refractivity contribution in [1.82, 2.24) is 0 Å². The molecular weight excluding hydrogens is 404 g/mol. The highest BCUT2D eigenvalue weighted by Gasteiger charge is 2.57. The fraction of sp³-hybridized carbons (Fsp3) is 0.519. The Kier molecular flexibility index (Phi) is 5.22. The number of hydrogen-bond donors (Lipinski definition) is 2. The number of Topliss-reactive ketones (excluding diaryl/α,β-unsaturated/α-hetero) is 2. The Balaban J connectivity index is 1.83. The number of allylic oxidation sites excluding steroid dienone is 2. The van der Waals surface area contributed by atoms with Gasteiger partial charge in [-0.25, -0.2) is 0 Å². The summed E-state index contributed by atoms with van der Waals surface area (Å²) in [6.07, 6.45) is 4.51. The molecule has 2 saturated carbocycles. The Hall–Kier alpha value is -2.69. The minimum atomic E-state index is -0.777. The maximum Gasteiger partial charge on any atom is 0.309 e. The molecule has 4 rings (SSSR count). The lowest BCUT2D eigenvalue weighted by atomic mass is 9.46. The Labute approximate surface area is 189 Å².